The number of hydrogen-bond acceptors (Lipinski definition) is 8. The number of esters is 2. The van der Waals surface area contributed by atoms with E-state index in [1.165, 1.54) is 12.1 Å². The van der Waals surface area contributed by atoms with E-state index < -0.39 is 11.9 Å². The van der Waals surface area contributed by atoms with Crippen LogP contribution in [-0.2, 0) is 9.47 Å². The number of hydrogen-bond donors (Lipinski definition) is 2. The van der Waals surface area contributed by atoms with Crippen LogP contribution in [0.15, 0.2) is 36.4 Å². The predicted octanol–water partition coefficient (Wildman–Crippen LogP) is 4.22. The fourth-order valence-corrected chi connectivity index (χ4v) is 2.75. The minimum Gasteiger partial charge on any atom is -0.488 e. The molecule has 174 valence electrons. The molecule has 8 heteroatoms. The topological polar surface area (TPSA) is 123 Å². The third-order valence-corrected chi connectivity index (χ3v) is 4.57. The van der Waals surface area contributed by atoms with Gasteiger partial charge in [-0.2, -0.15) is 0 Å². The van der Waals surface area contributed by atoms with Crippen molar-refractivity contribution in [1.29, 1.82) is 0 Å². The van der Waals surface area contributed by atoms with Crippen molar-refractivity contribution in [2.45, 2.75) is 39.5 Å². The maximum atomic E-state index is 12.6. The lowest BCUT2D eigenvalue weighted by molar-refractivity contribution is 0.0452. The molecule has 0 aliphatic rings. The maximum Gasteiger partial charge on any atom is 0.339 e. The van der Waals surface area contributed by atoms with Crippen LogP contribution in [0.25, 0.3) is 0 Å². The molecule has 0 radical (unpaired) electrons. The maximum absolute atomic E-state index is 12.6. The largest absolute Gasteiger partial charge is 0.488 e. The third-order valence-electron chi connectivity index (χ3n) is 4.57. The first-order chi connectivity index (χ1) is 15.5. The molecule has 0 spiro atoms. The molecule has 0 amide bonds. The van der Waals surface area contributed by atoms with Gasteiger partial charge in [-0.3, -0.25) is 0 Å². The van der Waals surface area contributed by atoms with Crippen molar-refractivity contribution in [1.82, 2.24) is 0 Å². The molecule has 0 saturated carbocycles. The molecule has 2 aromatic rings. The van der Waals surface area contributed by atoms with Gasteiger partial charge in [-0.15, -0.1) is 0 Å². The molecule has 0 heterocycles. The lowest BCUT2D eigenvalue weighted by Crippen LogP contribution is -2.17. The summed E-state index contributed by atoms with van der Waals surface area (Å²) in [6, 6.07) is 9.93. The van der Waals surface area contributed by atoms with Crippen molar-refractivity contribution in [3.63, 3.8) is 0 Å². The SMILES string of the molecule is CCCCOC(=O)c1cc(N)c(OCCOc2ccccc2N)cc1C(=O)OCCCC. The summed E-state index contributed by atoms with van der Waals surface area (Å²) < 4.78 is 21.9. The average molecular weight is 445 g/mol. The quantitative estimate of drug-likeness (QED) is 0.267. The first-order valence-corrected chi connectivity index (χ1v) is 10.9. The molecule has 32 heavy (non-hydrogen) atoms. The average Bonchev–Trinajstić information content (AvgIpc) is 2.78. The summed E-state index contributed by atoms with van der Waals surface area (Å²) in [6.07, 6.45) is 3.21. The number of ether oxygens (including phenoxy) is 4. The van der Waals surface area contributed by atoms with Crippen LogP contribution < -0.4 is 20.9 Å². The Morgan fingerprint density at radius 2 is 1.25 bits per heavy atom. The Morgan fingerprint density at radius 3 is 1.81 bits per heavy atom. The van der Waals surface area contributed by atoms with E-state index in [-0.39, 0.29) is 49.0 Å². The molecule has 2 aromatic carbocycles. The summed E-state index contributed by atoms with van der Waals surface area (Å²) in [5.74, 6) is -0.447. The molecule has 0 aromatic heterocycles. The Bertz CT molecular complexity index is 900. The first kappa shape index (κ1) is 24.8. The minimum atomic E-state index is -0.626. The van der Waals surface area contributed by atoms with E-state index in [2.05, 4.69) is 0 Å². The predicted molar refractivity (Wildman–Crippen MR) is 123 cm³/mol. The summed E-state index contributed by atoms with van der Waals surface area (Å²) in [4.78, 5) is 25.2. The molecular formula is C24H32N2O6. The van der Waals surface area contributed by atoms with Gasteiger partial charge in [-0.1, -0.05) is 38.8 Å². The Balaban J connectivity index is 2.12. The van der Waals surface area contributed by atoms with Crippen LogP contribution in [0.3, 0.4) is 0 Å². The second-order valence-electron chi connectivity index (χ2n) is 7.15. The summed E-state index contributed by atoms with van der Waals surface area (Å²) in [6.45, 7) is 4.87. The molecule has 0 fully saturated rings. The summed E-state index contributed by atoms with van der Waals surface area (Å²) in [5.41, 5.74) is 12.8. The molecule has 0 bridgehead atoms. The van der Waals surface area contributed by atoms with Gasteiger partial charge in [-0.25, -0.2) is 9.59 Å². The van der Waals surface area contributed by atoms with Gasteiger partial charge in [0.2, 0.25) is 0 Å². The molecule has 0 aliphatic heterocycles. The zero-order valence-corrected chi connectivity index (χ0v) is 18.7. The van der Waals surface area contributed by atoms with E-state index in [1.54, 1.807) is 12.1 Å². The van der Waals surface area contributed by atoms with E-state index in [1.807, 2.05) is 26.0 Å². The molecular weight excluding hydrogens is 412 g/mol. The highest BCUT2D eigenvalue weighted by atomic mass is 16.5. The number of rotatable bonds is 13. The van der Waals surface area contributed by atoms with E-state index in [4.69, 9.17) is 30.4 Å². The van der Waals surface area contributed by atoms with Crippen molar-refractivity contribution >= 4 is 23.3 Å². The normalized spacial score (nSPS) is 10.4. The van der Waals surface area contributed by atoms with Crippen LogP contribution in [0.1, 0.15) is 60.2 Å². The number of benzene rings is 2. The van der Waals surface area contributed by atoms with Crippen LogP contribution in [0.5, 0.6) is 11.5 Å². The number of para-hydroxylation sites is 2. The second-order valence-corrected chi connectivity index (χ2v) is 7.15. The van der Waals surface area contributed by atoms with Gasteiger partial charge in [-0.05, 0) is 37.1 Å². The van der Waals surface area contributed by atoms with Crippen molar-refractivity contribution in [3.05, 3.63) is 47.5 Å². The highest BCUT2D eigenvalue weighted by Crippen LogP contribution is 2.28. The lowest BCUT2D eigenvalue weighted by atomic mass is 10.1. The second kappa shape index (κ2) is 13.1. The Morgan fingerprint density at radius 1 is 0.719 bits per heavy atom. The fourth-order valence-electron chi connectivity index (χ4n) is 2.75. The summed E-state index contributed by atoms with van der Waals surface area (Å²) in [5, 5.41) is 0. The van der Waals surface area contributed by atoms with Crippen molar-refractivity contribution < 1.29 is 28.5 Å². The van der Waals surface area contributed by atoms with Gasteiger partial charge >= 0.3 is 11.9 Å². The van der Waals surface area contributed by atoms with Gasteiger partial charge in [0.1, 0.15) is 24.7 Å². The van der Waals surface area contributed by atoms with Crippen LogP contribution >= 0.6 is 0 Å². The molecule has 8 nitrogen and oxygen atoms in total. The summed E-state index contributed by atoms with van der Waals surface area (Å²) in [7, 11) is 0. The molecule has 4 N–H and O–H groups in total. The van der Waals surface area contributed by atoms with E-state index >= 15 is 0 Å². The monoisotopic (exact) mass is 444 g/mol. The van der Waals surface area contributed by atoms with Gasteiger partial charge in [0, 0.05) is 0 Å². The Kier molecular flexibility index (Phi) is 10.2. The molecule has 0 unspecified atom stereocenters. The van der Waals surface area contributed by atoms with Gasteiger partial charge in [0.25, 0.3) is 0 Å². The molecule has 0 saturated heterocycles. The standard InChI is InChI=1S/C24H32N2O6/c1-3-5-11-31-23(27)17-15-20(26)22(16-18(17)24(28)32-12-6-4-2)30-14-13-29-21-10-8-7-9-19(21)25/h7-10,15-16H,3-6,11-14,25-26H2,1-2H3. The summed E-state index contributed by atoms with van der Waals surface area (Å²) >= 11 is 0. The number of nitrogens with two attached hydrogens (primary N) is 2. The van der Waals surface area contributed by atoms with Crippen molar-refractivity contribution in [2.24, 2.45) is 0 Å². The number of carbonyl (C=O) groups is 2. The number of carbonyl (C=O) groups excluding carboxylic acids is 2. The molecule has 0 aliphatic carbocycles. The van der Waals surface area contributed by atoms with E-state index in [0.717, 1.165) is 25.7 Å². The van der Waals surface area contributed by atoms with Crippen molar-refractivity contribution in [2.75, 3.05) is 37.9 Å². The van der Waals surface area contributed by atoms with Crippen LogP contribution in [0.2, 0.25) is 0 Å². The van der Waals surface area contributed by atoms with Gasteiger partial charge in [0.15, 0.2) is 0 Å². The number of nitrogen functional groups attached to an aromatic ring is 2. The molecule has 0 atom stereocenters. The third kappa shape index (κ3) is 7.37. The smallest absolute Gasteiger partial charge is 0.339 e. The Hall–Kier alpha value is -3.42. The highest BCUT2D eigenvalue weighted by Gasteiger charge is 2.22. The van der Waals surface area contributed by atoms with Gasteiger partial charge in [0.05, 0.1) is 35.7 Å². The van der Waals surface area contributed by atoms with Crippen LogP contribution in [-0.4, -0.2) is 38.4 Å². The zero-order chi connectivity index (χ0) is 23.3. The lowest BCUT2D eigenvalue weighted by Gasteiger charge is -2.15. The first-order valence-electron chi connectivity index (χ1n) is 10.9. The highest BCUT2D eigenvalue weighted by molar-refractivity contribution is 6.04. The minimum absolute atomic E-state index is 0.0556. The molecule has 2 rings (SSSR count). The van der Waals surface area contributed by atoms with E-state index in [9.17, 15) is 9.59 Å². The van der Waals surface area contributed by atoms with Gasteiger partial charge < -0.3 is 30.4 Å². The zero-order valence-electron chi connectivity index (χ0n) is 18.7. The van der Waals surface area contributed by atoms with Crippen molar-refractivity contribution in [3.8, 4) is 11.5 Å². The number of unbranched alkanes of at least 4 members (excludes halogenated alkanes) is 2. The van der Waals surface area contributed by atoms with Crippen LogP contribution in [0.4, 0.5) is 11.4 Å². The Labute approximate surface area is 188 Å². The van der Waals surface area contributed by atoms with E-state index in [0.29, 0.717) is 11.4 Å². The number of anilines is 2. The van der Waals surface area contributed by atoms with Crippen LogP contribution in [0, 0.1) is 0 Å². The fraction of sp³-hybridized carbons (Fsp3) is 0.417.